The summed E-state index contributed by atoms with van der Waals surface area (Å²) < 4.78 is 20.1. The van der Waals surface area contributed by atoms with Gasteiger partial charge in [-0.2, -0.15) is 0 Å². The smallest absolute Gasteiger partial charge is 0.256 e. The maximum absolute atomic E-state index is 13.0. The van der Waals surface area contributed by atoms with Gasteiger partial charge in [-0.05, 0) is 70.5 Å². The molecule has 0 saturated heterocycles. The highest BCUT2D eigenvalue weighted by molar-refractivity contribution is 9.11. The molecule has 146 valence electrons. The average molecular weight is 493 g/mol. The van der Waals surface area contributed by atoms with E-state index in [4.69, 9.17) is 27.9 Å². The highest BCUT2D eigenvalue weighted by Crippen LogP contribution is 2.38. The molecule has 0 fully saturated rings. The van der Waals surface area contributed by atoms with Gasteiger partial charge < -0.3 is 4.74 Å². The zero-order valence-corrected chi connectivity index (χ0v) is 18.1. The molecule has 0 N–H and O–H groups in total. The van der Waals surface area contributed by atoms with E-state index in [-0.39, 0.29) is 5.82 Å². The zero-order chi connectivity index (χ0) is 20.4. The molecule has 1 aromatic heterocycles. The first-order valence-corrected chi connectivity index (χ1v) is 10.3. The Balaban J connectivity index is 1.59. The molecule has 1 atom stereocenters. The van der Waals surface area contributed by atoms with Gasteiger partial charge in [-0.1, -0.05) is 23.2 Å². The van der Waals surface area contributed by atoms with Crippen LogP contribution in [0.25, 0.3) is 0 Å². The summed E-state index contributed by atoms with van der Waals surface area (Å²) in [6.07, 6.45) is 7.62. The minimum absolute atomic E-state index is 0.297. The maximum atomic E-state index is 13.0. The second-order valence-corrected chi connectivity index (χ2v) is 8.34. The number of pyridine rings is 1. The number of allylic oxidation sites excluding steroid dienone is 2. The van der Waals surface area contributed by atoms with E-state index in [1.165, 1.54) is 12.1 Å². The summed E-state index contributed by atoms with van der Waals surface area (Å²) in [4.78, 5) is 4.48. The molecule has 2 aromatic carbocycles. The first-order valence-electron chi connectivity index (χ1n) is 8.73. The number of aromatic nitrogens is 1. The van der Waals surface area contributed by atoms with Crippen molar-refractivity contribution in [2.75, 3.05) is 0 Å². The Morgan fingerprint density at radius 3 is 2.24 bits per heavy atom. The van der Waals surface area contributed by atoms with E-state index >= 15 is 0 Å². The zero-order valence-electron chi connectivity index (χ0n) is 15.0. The topological polar surface area (TPSA) is 22.1 Å². The van der Waals surface area contributed by atoms with E-state index in [1.54, 1.807) is 24.4 Å². The van der Waals surface area contributed by atoms with Crippen LogP contribution >= 0.6 is 39.1 Å². The van der Waals surface area contributed by atoms with Gasteiger partial charge in [-0.3, -0.25) is 0 Å². The number of nitrogens with zero attached hydrogens (tertiary/aromatic N) is 2. The fourth-order valence-corrected chi connectivity index (χ4v) is 4.15. The molecule has 1 unspecified atom stereocenters. The molecule has 0 bridgehead atoms. The second kappa shape index (κ2) is 8.28. The van der Waals surface area contributed by atoms with Crippen LogP contribution in [0.1, 0.15) is 5.56 Å². The van der Waals surface area contributed by atoms with Crippen molar-refractivity contribution < 1.29 is 9.13 Å². The standard InChI is InChI=1S/C22H15BrCl2FN2O/c23-16-9-10-28(14-16,22-21(25)11-17(24)12-27-22)13-15-1-5-19(6-2-15)29-20-7-3-18(26)4-8-20/h1-12,14H,13H2/q+1. The summed E-state index contributed by atoms with van der Waals surface area (Å²) in [5, 5.41) is 0.988. The molecule has 29 heavy (non-hydrogen) atoms. The summed E-state index contributed by atoms with van der Waals surface area (Å²) >= 11 is 16.0. The van der Waals surface area contributed by atoms with Crippen LogP contribution in [0.4, 0.5) is 10.2 Å². The lowest BCUT2D eigenvalue weighted by atomic mass is 10.2. The van der Waals surface area contributed by atoms with Crippen molar-refractivity contribution in [3.8, 4) is 11.5 Å². The molecule has 1 aliphatic heterocycles. The Bertz CT molecular complexity index is 1100. The largest absolute Gasteiger partial charge is 0.457 e. The molecule has 4 rings (SSSR count). The van der Waals surface area contributed by atoms with Crippen molar-refractivity contribution in [2.24, 2.45) is 0 Å². The predicted molar refractivity (Wildman–Crippen MR) is 119 cm³/mol. The molecule has 0 aliphatic carbocycles. The van der Waals surface area contributed by atoms with Gasteiger partial charge in [0.1, 0.15) is 41.3 Å². The summed E-state index contributed by atoms with van der Waals surface area (Å²) in [5.41, 5.74) is 1.06. The molecule has 0 saturated carbocycles. The number of rotatable bonds is 5. The number of hydrogen-bond acceptors (Lipinski definition) is 2. The number of halogens is 4. The van der Waals surface area contributed by atoms with Gasteiger partial charge in [0.15, 0.2) is 0 Å². The van der Waals surface area contributed by atoms with Crippen LogP contribution in [0.3, 0.4) is 0 Å². The Kier molecular flexibility index (Phi) is 5.74. The minimum atomic E-state index is -0.297. The third kappa shape index (κ3) is 4.54. The molecular formula is C22H15BrCl2FN2O+. The van der Waals surface area contributed by atoms with Gasteiger partial charge in [0.25, 0.3) is 5.82 Å². The van der Waals surface area contributed by atoms with Crippen LogP contribution in [0.15, 0.2) is 83.8 Å². The van der Waals surface area contributed by atoms with Gasteiger partial charge in [-0.15, -0.1) is 0 Å². The fraction of sp³-hybridized carbons (Fsp3) is 0.0455. The van der Waals surface area contributed by atoms with Crippen LogP contribution in [-0.4, -0.2) is 4.98 Å². The number of benzene rings is 2. The fourth-order valence-electron chi connectivity index (χ4n) is 3.13. The second-order valence-electron chi connectivity index (χ2n) is 6.58. The monoisotopic (exact) mass is 491 g/mol. The number of quaternary nitrogens is 1. The normalized spacial score (nSPS) is 18.0. The molecule has 1 aliphatic rings. The average Bonchev–Trinajstić information content (AvgIpc) is 3.06. The molecule has 0 amide bonds. The maximum Gasteiger partial charge on any atom is 0.256 e. The van der Waals surface area contributed by atoms with E-state index in [2.05, 4.69) is 20.9 Å². The Hall–Kier alpha value is -2.18. The van der Waals surface area contributed by atoms with Crippen LogP contribution in [-0.2, 0) is 6.54 Å². The van der Waals surface area contributed by atoms with E-state index < -0.39 is 0 Å². The van der Waals surface area contributed by atoms with Crippen LogP contribution < -0.4 is 9.22 Å². The van der Waals surface area contributed by atoms with E-state index in [9.17, 15) is 4.39 Å². The lowest BCUT2D eigenvalue weighted by molar-refractivity contribution is 0.472. The molecule has 2 heterocycles. The number of hydrogen-bond donors (Lipinski definition) is 0. The molecule has 7 heteroatoms. The predicted octanol–water partition coefficient (Wildman–Crippen LogP) is 7.59. The van der Waals surface area contributed by atoms with Gasteiger partial charge in [0, 0.05) is 11.6 Å². The van der Waals surface area contributed by atoms with Crippen molar-refractivity contribution in [1.29, 1.82) is 0 Å². The van der Waals surface area contributed by atoms with Gasteiger partial charge in [0.05, 0.1) is 15.7 Å². The quantitative estimate of drug-likeness (QED) is 0.342. The lowest BCUT2D eigenvalue weighted by Gasteiger charge is -2.28. The third-order valence-corrected chi connectivity index (χ3v) is 5.41. The van der Waals surface area contributed by atoms with Gasteiger partial charge in [-0.25, -0.2) is 13.9 Å². The van der Waals surface area contributed by atoms with Crippen LogP contribution in [0.5, 0.6) is 11.5 Å². The third-order valence-electron chi connectivity index (χ3n) is 4.45. The summed E-state index contributed by atoms with van der Waals surface area (Å²) in [5.74, 6) is 1.64. The van der Waals surface area contributed by atoms with E-state index in [0.717, 1.165) is 10.0 Å². The van der Waals surface area contributed by atoms with Crippen molar-refractivity contribution in [1.82, 2.24) is 9.47 Å². The molecule has 0 spiro atoms. The summed E-state index contributed by atoms with van der Waals surface area (Å²) in [6.45, 7) is 0.608. The minimum Gasteiger partial charge on any atom is -0.457 e. The Morgan fingerprint density at radius 1 is 1.00 bits per heavy atom. The van der Waals surface area contributed by atoms with Crippen LogP contribution in [0, 0.1) is 5.82 Å². The molecule has 3 aromatic rings. The van der Waals surface area contributed by atoms with Crippen molar-refractivity contribution in [2.45, 2.75) is 6.54 Å². The molecule has 0 radical (unpaired) electrons. The van der Waals surface area contributed by atoms with Gasteiger partial charge in [0.2, 0.25) is 0 Å². The van der Waals surface area contributed by atoms with E-state index in [1.807, 2.05) is 42.7 Å². The highest BCUT2D eigenvalue weighted by atomic mass is 79.9. The molecule has 3 nitrogen and oxygen atoms in total. The summed E-state index contributed by atoms with van der Waals surface area (Å²) in [6, 6.07) is 15.3. The van der Waals surface area contributed by atoms with E-state index in [0.29, 0.717) is 38.4 Å². The van der Waals surface area contributed by atoms with Gasteiger partial charge >= 0.3 is 0 Å². The lowest BCUT2D eigenvalue weighted by Crippen LogP contribution is -2.36. The Labute approximate surface area is 186 Å². The first kappa shape index (κ1) is 20.1. The number of ether oxygens (including phenoxy) is 1. The summed E-state index contributed by atoms with van der Waals surface area (Å²) in [7, 11) is 0. The first-order chi connectivity index (χ1) is 13.9. The van der Waals surface area contributed by atoms with Crippen molar-refractivity contribution in [3.05, 3.63) is 105 Å². The van der Waals surface area contributed by atoms with Crippen molar-refractivity contribution >= 4 is 44.9 Å². The van der Waals surface area contributed by atoms with Crippen molar-refractivity contribution in [3.63, 3.8) is 0 Å². The Morgan fingerprint density at radius 2 is 1.66 bits per heavy atom. The highest BCUT2D eigenvalue weighted by Gasteiger charge is 2.34. The SMILES string of the molecule is Fc1ccc(Oc2ccc(C[N+]3(c4ncc(Cl)cc4Cl)C=CC(Br)=C3)cc2)cc1. The van der Waals surface area contributed by atoms with Crippen LogP contribution in [0.2, 0.25) is 10.0 Å². The molecular weight excluding hydrogens is 478 g/mol.